The van der Waals surface area contributed by atoms with E-state index in [1.165, 1.54) is 23.1 Å². The molecule has 0 radical (unpaired) electrons. The Balaban J connectivity index is 1.13. The quantitative estimate of drug-likeness (QED) is 0.123. The average molecular weight is 934 g/mol. The molecule has 0 unspecified atom stereocenters. The van der Waals surface area contributed by atoms with E-state index in [0.29, 0.717) is 29.5 Å². The highest BCUT2D eigenvalue weighted by Gasteiger charge is 2.77. The summed E-state index contributed by atoms with van der Waals surface area (Å²) in [5.74, 6) is -4.91. The summed E-state index contributed by atoms with van der Waals surface area (Å²) < 4.78 is 67.9. The van der Waals surface area contributed by atoms with E-state index in [4.69, 9.17) is 23.8 Å². The van der Waals surface area contributed by atoms with Gasteiger partial charge in [-0.15, -0.1) is 0 Å². The van der Waals surface area contributed by atoms with E-state index >= 15 is 4.79 Å². The Labute approximate surface area is 385 Å². The van der Waals surface area contributed by atoms with Crippen molar-refractivity contribution in [3.63, 3.8) is 0 Å². The van der Waals surface area contributed by atoms with E-state index in [2.05, 4.69) is 10.1 Å². The highest BCUT2D eigenvalue weighted by molar-refractivity contribution is 5.96. The van der Waals surface area contributed by atoms with Gasteiger partial charge in [0.05, 0.1) is 19.2 Å². The molecule has 3 aliphatic heterocycles. The maximum atomic E-state index is 15.8. The predicted octanol–water partition coefficient (Wildman–Crippen LogP) is 4.55. The van der Waals surface area contributed by atoms with Crippen LogP contribution in [0.4, 0.5) is 13.2 Å². The van der Waals surface area contributed by atoms with Crippen molar-refractivity contribution in [2.24, 2.45) is 5.41 Å². The number of carbonyl (C=O) groups excluding carboxylic acids is 5. The van der Waals surface area contributed by atoms with Gasteiger partial charge in [0, 0.05) is 45.2 Å². The van der Waals surface area contributed by atoms with Crippen molar-refractivity contribution in [3.8, 4) is 0 Å². The minimum Gasteiger partial charge on any atom is -0.460 e. The Hall–Kier alpha value is -5.66. The molecule has 3 aromatic carbocycles. The second kappa shape index (κ2) is 18.8. The Kier molecular flexibility index (Phi) is 13.4. The highest BCUT2D eigenvalue weighted by atomic mass is 19.4. The van der Waals surface area contributed by atoms with Crippen LogP contribution in [0.3, 0.4) is 0 Å². The summed E-state index contributed by atoms with van der Waals surface area (Å²) in [5.41, 5.74) is 1.14. The molecule has 18 heteroatoms. The maximum Gasteiger partial charge on any atom is 0.422 e. The smallest absolute Gasteiger partial charge is 0.422 e. The fraction of sp³-hybridized carbons (Fsp3) is 0.490. The van der Waals surface area contributed by atoms with E-state index in [9.17, 15) is 37.5 Å². The van der Waals surface area contributed by atoms with Crippen LogP contribution in [-0.2, 0) is 78.3 Å². The van der Waals surface area contributed by atoms with Gasteiger partial charge in [-0.1, -0.05) is 78.9 Å². The van der Waals surface area contributed by atoms with Gasteiger partial charge >= 0.3 is 24.1 Å². The first-order valence-corrected chi connectivity index (χ1v) is 22.3. The molecule has 0 aromatic heterocycles. The summed E-state index contributed by atoms with van der Waals surface area (Å²) in [4.78, 5) is 77.9. The number of nitrogens with zero attached hydrogens (tertiary/aromatic N) is 2. The summed E-state index contributed by atoms with van der Waals surface area (Å²) >= 11 is 0. The molecule has 3 saturated heterocycles. The van der Waals surface area contributed by atoms with Gasteiger partial charge in [-0.05, 0) is 61.1 Å². The van der Waals surface area contributed by atoms with Crippen LogP contribution in [-0.4, -0.2) is 125 Å². The van der Waals surface area contributed by atoms with Crippen molar-refractivity contribution >= 4 is 35.8 Å². The zero-order valence-corrected chi connectivity index (χ0v) is 37.5. The van der Waals surface area contributed by atoms with E-state index in [0.717, 1.165) is 17.2 Å². The van der Waals surface area contributed by atoms with E-state index < -0.39 is 108 Å². The van der Waals surface area contributed by atoms with Gasteiger partial charge in [-0.3, -0.25) is 24.0 Å². The number of benzene rings is 3. The number of nitrogens with one attached hydrogen (secondary N) is 1. The SMILES string of the molecule is CN(C(=O)[C@@]12C[C@H]3OC(=O)[C@@H]1N(Cc1ccccc1C=CC(=O)OCC(F)(F)F)O[C@@H]2[C@H]1OC2(Cc4ccccc4C2)O[C@H]13)[C@H](Cc1ccccc1)C(=O)N[C@H](CO)CCC(=O)OC(C)(C)C. The number of likely N-dealkylation sites (N-methyl/N-ethyl adjacent to an activating group) is 1. The van der Waals surface area contributed by atoms with Gasteiger partial charge in [-0.2, -0.15) is 18.2 Å². The molecule has 5 aliphatic rings. The number of ether oxygens (including phenoxy) is 5. The Morgan fingerprint density at radius 3 is 2.28 bits per heavy atom. The number of hydroxylamine groups is 2. The number of hydrogen-bond acceptors (Lipinski definition) is 13. The molecule has 1 spiro atoms. The van der Waals surface area contributed by atoms with E-state index in [1.807, 2.05) is 30.3 Å². The van der Waals surface area contributed by atoms with Crippen molar-refractivity contribution < 1.29 is 70.8 Å². The number of hydrogen-bond donors (Lipinski definition) is 2. The Morgan fingerprint density at radius 2 is 1.61 bits per heavy atom. The average Bonchev–Trinajstić information content (AvgIpc) is 3.96. The van der Waals surface area contributed by atoms with Crippen LogP contribution >= 0.6 is 0 Å². The third kappa shape index (κ3) is 10.1. The third-order valence-electron chi connectivity index (χ3n) is 12.9. The molecule has 358 valence electrons. The van der Waals surface area contributed by atoms with Gasteiger partial charge in [0.2, 0.25) is 11.8 Å². The topological polar surface area (TPSA) is 179 Å². The fourth-order valence-electron chi connectivity index (χ4n) is 10.0. The highest BCUT2D eigenvalue weighted by Crippen LogP contribution is 2.59. The van der Waals surface area contributed by atoms with Crippen LogP contribution in [0.2, 0.25) is 0 Å². The predicted molar refractivity (Wildman–Crippen MR) is 231 cm³/mol. The summed E-state index contributed by atoms with van der Waals surface area (Å²) in [7, 11) is 1.48. The Bertz CT molecular complexity index is 2370. The Morgan fingerprint density at radius 1 is 0.955 bits per heavy atom. The number of amides is 2. The molecule has 8 rings (SSSR count). The molecule has 2 N–H and O–H groups in total. The van der Waals surface area contributed by atoms with Gasteiger partial charge in [0.15, 0.2) is 18.4 Å². The lowest BCUT2D eigenvalue weighted by atomic mass is 9.62. The van der Waals surface area contributed by atoms with Gasteiger partial charge in [0.25, 0.3) is 0 Å². The largest absolute Gasteiger partial charge is 0.460 e. The molecule has 8 atom stereocenters. The molecule has 3 aromatic rings. The van der Waals surface area contributed by atoms with Crippen molar-refractivity contribution in [3.05, 3.63) is 113 Å². The van der Waals surface area contributed by atoms with Crippen LogP contribution < -0.4 is 5.32 Å². The molecular formula is C49H54F3N3O12. The van der Waals surface area contributed by atoms with Crippen LogP contribution in [0.1, 0.15) is 67.9 Å². The number of esters is 3. The first-order chi connectivity index (χ1) is 31.8. The van der Waals surface area contributed by atoms with Crippen molar-refractivity contribution in [1.82, 2.24) is 15.3 Å². The number of fused-ring (bicyclic) bond motifs is 5. The molecule has 2 aliphatic carbocycles. The normalized spacial score (nSPS) is 25.8. The number of aliphatic hydroxyl groups is 1. The number of aliphatic hydroxyl groups excluding tert-OH is 1. The van der Waals surface area contributed by atoms with E-state index in [1.54, 1.807) is 69.3 Å². The first kappa shape index (κ1) is 47.8. The molecule has 4 fully saturated rings. The van der Waals surface area contributed by atoms with E-state index in [-0.39, 0.29) is 32.2 Å². The van der Waals surface area contributed by atoms with Crippen molar-refractivity contribution in [2.75, 3.05) is 20.3 Å². The molecule has 1 saturated carbocycles. The summed E-state index contributed by atoms with van der Waals surface area (Å²) in [6.45, 7) is 2.76. The monoisotopic (exact) mass is 933 g/mol. The number of halogens is 3. The molecule has 3 heterocycles. The lowest BCUT2D eigenvalue weighted by Gasteiger charge is -2.50. The van der Waals surface area contributed by atoms with Crippen LogP contribution in [0.5, 0.6) is 0 Å². The summed E-state index contributed by atoms with van der Waals surface area (Å²) in [5, 5.41) is 14.6. The molecule has 67 heavy (non-hydrogen) atoms. The standard InChI is InChI=1S/C49H54F3N3O12/c1-46(2,3)64-38(58)21-19-34(27-56)53-43(59)35(22-29-12-6-5-7-13-29)54(4)45(61)48-25-36-39-40(66-47(65-39)23-31-15-9-10-16-32(31)24-47)42(48)67-55(41(48)44(60)63-36)26-33-17-11-8-14-30(33)18-20-37(57)62-28-49(50,51)52/h5-18,20,34-36,39-42,56H,19,21-28H2,1-4H3,(H,53,59)/t34-,35+,36+,39-,40-,41-,42+,48-/m0/s1. The van der Waals surface area contributed by atoms with Gasteiger partial charge in [-0.25, -0.2) is 4.79 Å². The van der Waals surface area contributed by atoms with Gasteiger partial charge in [0.1, 0.15) is 41.5 Å². The van der Waals surface area contributed by atoms with Crippen molar-refractivity contribution in [2.45, 2.75) is 126 Å². The number of carbonyl (C=O) groups is 5. The minimum atomic E-state index is -4.72. The summed E-state index contributed by atoms with van der Waals surface area (Å²) in [6.07, 6.45) is -5.78. The lowest BCUT2D eigenvalue weighted by Crippen LogP contribution is -2.70. The third-order valence-corrected chi connectivity index (χ3v) is 12.9. The maximum absolute atomic E-state index is 15.8. The zero-order valence-electron chi connectivity index (χ0n) is 37.5. The van der Waals surface area contributed by atoms with Gasteiger partial charge < -0.3 is 39.0 Å². The summed E-state index contributed by atoms with van der Waals surface area (Å²) in [6, 6.07) is 20.0. The second-order valence-corrected chi connectivity index (χ2v) is 18.8. The fourth-order valence-corrected chi connectivity index (χ4v) is 10.0. The molecule has 2 amide bonds. The number of rotatable bonds is 15. The van der Waals surface area contributed by atoms with Crippen molar-refractivity contribution in [1.29, 1.82) is 0 Å². The number of alkyl halides is 3. The second-order valence-electron chi connectivity index (χ2n) is 18.8. The molecule has 2 bridgehead atoms. The van der Waals surface area contributed by atoms with Crippen LogP contribution in [0.25, 0.3) is 6.08 Å². The molecular weight excluding hydrogens is 880 g/mol. The van der Waals surface area contributed by atoms with Crippen LogP contribution in [0, 0.1) is 5.41 Å². The lowest BCUT2D eigenvalue weighted by molar-refractivity contribution is -0.218. The molecule has 15 nitrogen and oxygen atoms in total. The first-order valence-electron chi connectivity index (χ1n) is 22.3. The van der Waals surface area contributed by atoms with Crippen LogP contribution in [0.15, 0.2) is 84.9 Å². The minimum absolute atomic E-state index is 0.0289. The zero-order chi connectivity index (χ0) is 47.9.